The van der Waals surface area contributed by atoms with Crippen molar-refractivity contribution in [3.63, 3.8) is 0 Å². The largest absolute Gasteiger partial charge is 0.456 e. The molecule has 0 radical (unpaired) electrons. The molecular formula is C18H11FN2O2S. The number of benzene rings is 2. The van der Waals surface area contributed by atoms with Crippen LogP contribution in [-0.4, -0.2) is 5.91 Å². The summed E-state index contributed by atoms with van der Waals surface area (Å²) < 4.78 is 19.1. The Kier molecular flexibility index (Phi) is 4.54. The Balaban J connectivity index is 1.73. The fourth-order valence-corrected chi connectivity index (χ4v) is 2.66. The molecule has 0 saturated heterocycles. The van der Waals surface area contributed by atoms with Crippen LogP contribution in [0.25, 0.3) is 0 Å². The number of nitrogens with one attached hydrogen (secondary N) is 1. The first-order valence-electron chi connectivity index (χ1n) is 6.97. The van der Waals surface area contributed by atoms with E-state index < -0.39 is 5.82 Å². The Labute approximate surface area is 141 Å². The number of hydrogen-bond donors (Lipinski definition) is 1. The number of nitriles is 1. The summed E-state index contributed by atoms with van der Waals surface area (Å²) in [5.41, 5.74) is 1.06. The van der Waals surface area contributed by atoms with Crippen LogP contribution < -0.4 is 10.1 Å². The molecule has 1 heterocycles. The summed E-state index contributed by atoms with van der Waals surface area (Å²) in [5.74, 6) is -0.241. The van der Waals surface area contributed by atoms with Crippen LogP contribution in [0.2, 0.25) is 0 Å². The minimum Gasteiger partial charge on any atom is -0.456 e. The van der Waals surface area contributed by atoms with Gasteiger partial charge in [0.05, 0.1) is 5.56 Å². The molecule has 2 aromatic carbocycles. The summed E-state index contributed by atoms with van der Waals surface area (Å²) in [6.45, 7) is 0. The van der Waals surface area contributed by atoms with Crippen LogP contribution in [0, 0.1) is 17.1 Å². The van der Waals surface area contributed by atoms with Crippen molar-refractivity contribution in [1.82, 2.24) is 0 Å². The minimum absolute atomic E-state index is 0.146. The topological polar surface area (TPSA) is 62.1 Å². The standard InChI is InChI=1S/C18H11FN2O2S/c19-16-2-1-3-17(15(16)10-20)23-14-6-4-13(5-7-14)21-18(22)12-8-9-24-11-12/h1-9,11H,(H,21,22). The summed E-state index contributed by atoms with van der Waals surface area (Å²) in [7, 11) is 0. The van der Waals surface area contributed by atoms with Crippen molar-refractivity contribution in [3.05, 3.63) is 76.2 Å². The van der Waals surface area contributed by atoms with Crippen molar-refractivity contribution in [2.45, 2.75) is 0 Å². The van der Waals surface area contributed by atoms with Crippen molar-refractivity contribution in [2.75, 3.05) is 5.32 Å². The molecule has 1 aromatic heterocycles. The fourth-order valence-electron chi connectivity index (χ4n) is 2.03. The average Bonchev–Trinajstić information content (AvgIpc) is 3.11. The van der Waals surface area contributed by atoms with Crippen LogP contribution in [-0.2, 0) is 0 Å². The van der Waals surface area contributed by atoms with Crippen LogP contribution in [0.3, 0.4) is 0 Å². The number of thiophene rings is 1. The highest BCUT2D eigenvalue weighted by molar-refractivity contribution is 7.08. The van der Waals surface area contributed by atoms with Gasteiger partial charge in [0.2, 0.25) is 0 Å². The maximum atomic E-state index is 13.5. The van der Waals surface area contributed by atoms with E-state index in [1.54, 1.807) is 41.8 Å². The van der Waals surface area contributed by atoms with Gasteiger partial charge in [-0.2, -0.15) is 16.6 Å². The van der Waals surface area contributed by atoms with E-state index >= 15 is 0 Å². The molecule has 0 saturated carbocycles. The molecule has 0 aliphatic carbocycles. The van der Waals surface area contributed by atoms with E-state index in [2.05, 4.69) is 5.32 Å². The fraction of sp³-hybridized carbons (Fsp3) is 0. The van der Waals surface area contributed by atoms with Crippen molar-refractivity contribution in [3.8, 4) is 17.6 Å². The van der Waals surface area contributed by atoms with Crippen LogP contribution in [0.15, 0.2) is 59.3 Å². The van der Waals surface area contributed by atoms with E-state index in [-0.39, 0.29) is 17.2 Å². The highest BCUT2D eigenvalue weighted by Gasteiger charge is 2.10. The number of nitrogens with zero attached hydrogens (tertiary/aromatic N) is 1. The molecule has 0 spiro atoms. The molecule has 3 rings (SSSR count). The molecule has 118 valence electrons. The Morgan fingerprint density at radius 3 is 2.62 bits per heavy atom. The van der Waals surface area contributed by atoms with Gasteiger partial charge < -0.3 is 10.1 Å². The molecule has 0 atom stereocenters. The molecule has 0 aliphatic heterocycles. The molecule has 6 heteroatoms. The van der Waals surface area contributed by atoms with Crippen molar-refractivity contribution >= 4 is 22.9 Å². The van der Waals surface area contributed by atoms with E-state index in [1.807, 2.05) is 5.38 Å². The highest BCUT2D eigenvalue weighted by Crippen LogP contribution is 2.27. The van der Waals surface area contributed by atoms with Gasteiger partial charge in [0.15, 0.2) is 0 Å². The quantitative estimate of drug-likeness (QED) is 0.743. The van der Waals surface area contributed by atoms with E-state index in [0.717, 1.165) is 0 Å². The molecule has 0 fully saturated rings. The van der Waals surface area contributed by atoms with E-state index in [4.69, 9.17) is 10.00 Å². The van der Waals surface area contributed by atoms with Crippen LogP contribution in [0.1, 0.15) is 15.9 Å². The van der Waals surface area contributed by atoms with Gasteiger partial charge in [-0.1, -0.05) is 6.07 Å². The second-order valence-electron chi connectivity index (χ2n) is 4.82. The van der Waals surface area contributed by atoms with Crippen LogP contribution >= 0.6 is 11.3 Å². The number of anilines is 1. The maximum Gasteiger partial charge on any atom is 0.256 e. The first kappa shape index (κ1) is 15.7. The number of rotatable bonds is 4. The van der Waals surface area contributed by atoms with Gasteiger partial charge in [0, 0.05) is 11.1 Å². The van der Waals surface area contributed by atoms with Crippen LogP contribution in [0.5, 0.6) is 11.5 Å². The summed E-state index contributed by atoms with van der Waals surface area (Å²) >= 11 is 1.45. The van der Waals surface area contributed by atoms with Crippen molar-refractivity contribution in [2.24, 2.45) is 0 Å². The van der Waals surface area contributed by atoms with E-state index in [1.165, 1.54) is 29.5 Å². The summed E-state index contributed by atoms with van der Waals surface area (Å²) in [4.78, 5) is 12.0. The maximum absolute atomic E-state index is 13.5. The number of ether oxygens (including phenoxy) is 1. The number of halogens is 1. The predicted molar refractivity (Wildman–Crippen MR) is 89.9 cm³/mol. The molecule has 1 N–H and O–H groups in total. The Bertz CT molecular complexity index is 900. The second kappa shape index (κ2) is 6.94. The lowest BCUT2D eigenvalue weighted by Gasteiger charge is -2.09. The number of carbonyl (C=O) groups excluding carboxylic acids is 1. The third kappa shape index (κ3) is 3.42. The number of carbonyl (C=O) groups is 1. The molecular weight excluding hydrogens is 327 g/mol. The summed E-state index contributed by atoms with van der Waals surface area (Å²) in [6.07, 6.45) is 0. The SMILES string of the molecule is N#Cc1c(F)cccc1Oc1ccc(NC(=O)c2ccsc2)cc1. The zero-order valence-electron chi connectivity index (χ0n) is 12.3. The first-order chi connectivity index (χ1) is 11.7. The summed E-state index contributed by atoms with van der Waals surface area (Å²) in [6, 6.07) is 14.3. The smallest absolute Gasteiger partial charge is 0.256 e. The lowest BCUT2D eigenvalue weighted by Crippen LogP contribution is -2.10. The van der Waals surface area contributed by atoms with Gasteiger partial charge >= 0.3 is 0 Å². The number of hydrogen-bond acceptors (Lipinski definition) is 4. The number of amides is 1. The van der Waals surface area contributed by atoms with E-state index in [9.17, 15) is 9.18 Å². The molecule has 0 unspecified atom stereocenters. The van der Waals surface area contributed by atoms with E-state index in [0.29, 0.717) is 17.0 Å². The molecule has 1 amide bonds. The van der Waals surface area contributed by atoms with Gasteiger partial charge in [-0.15, -0.1) is 0 Å². The second-order valence-corrected chi connectivity index (χ2v) is 5.60. The van der Waals surface area contributed by atoms with Crippen molar-refractivity contribution < 1.29 is 13.9 Å². The molecule has 0 aliphatic rings. The molecule has 3 aromatic rings. The highest BCUT2D eigenvalue weighted by atomic mass is 32.1. The Hall–Kier alpha value is -3.17. The molecule has 24 heavy (non-hydrogen) atoms. The van der Waals surface area contributed by atoms with Crippen LogP contribution in [0.4, 0.5) is 10.1 Å². The zero-order valence-corrected chi connectivity index (χ0v) is 13.1. The Morgan fingerprint density at radius 1 is 1.17 bits per heavy atom. The molecule has 0 bridgehead atoms. The lowest BCUT2D eigenvalue weighted by molar-refractivity contribution is 0.102. The zero-order chi connectivity index (χ0) is 16.9. The third-order valence-corrected chi connectivity index (χ3v) is 3.89. The minimum atomic E-state index is -0.630. The van der Waals surface area contributed by atoms with Crippen molar-refractivity contribution in [1.29, 1.82) is 5.26 Å². The van der Waals surface area contributed by atoms with Gasteiger partial charge in [0.25, 0.3) is 5.91 Å². The molecule has 4 nitrogen and oxygen atoms in total. The third-order valence-electron chi connectivity index (χ3n) is 3.21. The summed E-state index contributed by atoms with van der Waals surface area (Å²) in [5, 5.41) is 15.4. The van der Waals surface area contributed by atoms with Gasteiger partial charge in [0.1, 0.15) is 28.9 Å². The monoisotopic (exact) mass is 338 g/mol. The average molecular weight is 338 g/mol. The normalized spacial score (nSPS) is 10.0. The van der Waals surface area contributed by atoms with Gasteiger partial charge in [-0.3, -0.25) is 4.79 Å². The van der Waals surface area contributed by atoms with Gasteiger partial charge in [-0.25, -0.2) is 4.39 Å². The predicted octanol–water partition coefficient (Wildman–Crippen LogP) is 4.80. The first-order valence-corrected chi connectivity index (χ1v) is 7.92. The Morgan fingerprint density at radius 2 is 1.96 bits per heavy atom. The lowest BCUT2D eigenvalue weighted by atomic mass is 10.2. The van der Waals surface area contributed by atoms with Gasteiger partial charge in [-0.05, 0) is 47.8 Å².